The normalized spacial score (nSPS) is 12.1. The first kappa shape index (κ1) is 14.9. The summed E-state index contributed by atoms with van der Waals surface area (Å²) in [6.45, 7) is -0.390. The minimum atomic E-state index is -1.14. The molecule has 0 saturated heterocycles. The number of rotatable bonds is 6. The van der Waals surface area contributed by atoms with Crippen LogP contribution in [0.3, 0.4) is 0 Å². The van der Waals surface area contributed by atoms with E-state index in [9.17, 15) is 24.0 Å². The first-order chi connectivity index (χ1) is 9.97. The largest absolute Gasteiger partial charge is 0.488 e. The summed E-state index contributed by atoms with van der Waals surface area (Å²) >= 11 is 0. The molecule has 0 amide bonds. The van der Waals surface area contributed by atoms with E-state index >= 15 is 0 Å². The number of aliphatic hydroxyl groups excluding tert-OH is 1. The number of nitro groups is 1. The summed E-state index contributed by atoms with van der Waals surface area (Å²) in [5, 5.41) is 23.9. The lowest BCUT2D eigenvalue weighted by Crippen LogP contribution is -2.24. The summed E-state index contributed by atoms with van der Waals surface area (Å²) < 4.78 is 32.4. The quantitative estimate of drug-likeness (QED) is 0.645. The van der Waals surface area contributed by atoms with Crippen LogP contribution in [0.4, 0.5) is 14.5 Å². The molecule has 1 unspecified atom stereocenters. The third kappa shape index (κ3) is 3.72. The van der Waals surface area contributed by atoms with Gasteiger partial charge in [-0.25, -0.2) is 4.39 Å². The fourth-order valence-electron chi connectivity index (χ4n) is 1.60. The van der Waals surface area contributed by atoms with Gasteiger partial charge in [-0.05, 0) is 12.1 Å². The number of hydrogen-bond acceptors (Lipinski definition) is 5. The van der Waals surface area contributed by atoms with Gasteiger partial charge in [-0.15, -0.1) is 0 Å². The average molecular weight is 299 g/mol. The van der Waals surface area contributed by atoms with Crippen molar-refractivity contribution >= 4 is 5.69 Å². The molecule has 0 aliphatic rings. The van der Waals surface area contributed by atoms with Crippen LogP contribution in [0.1, 0.15) is 0 Å². The van der Waals surface area contributed by atoms with Gasteiger partial charge in [0, 0.05) is 0 Å². The molecule has 2 rings (SSSR count). The maximum atomic E-state index is 13.3. The molecule has 2 aromatic rings. The molecule has 1 aromatic carbocycles. The molecular formula is C12H11F2N3O4. The second-order valence-corrected chi connectivity index (χ2v) is 4.19. The molecule has 0 aliphatic heterocycles. The highest BCUT2D eigenvalue weighted by molar-refractivity contribution is 5.25. The van der Waals surface area contributed by atoms with Crippen molar-refractivity contribution in [1.29, 1.82) is 0 Å². The fraction of sp³-hybridized carbons (Fsp3) is 0.250. The first-order valence-corrected chi connectivity index (χ1v) is 5.89. The summed E-state index contributed by atoms with van der Waals surface area (Å²) in [6, 6.07) is 3.45. The van der Waals surface area contributed by atoms with Gasteiger partial charge in [-0.3, -0.25) is 14.8 Å². The Kier molecular flexibility index (Phi) is 4.43. The Morgan fingerprint density at radius 2 is 2.24 bits per heavy atom. The average Bonchev–Trinajstić information content (AvgIpc) is 2.89. The first-order valence-electron chi connectivity index (χ1n) is 5.89. The van der Waals surface area contributed by atoms with Crippen molar-refractivity contribution < 1.29 is 23.5 Å². The minimum absolute atomic E-state index is 0.0786. The van der Waals surface area contributed by atoms with Crippen LogP contribution in [-0.2, 0) is 6.54 Å². The van der Waals surface area contributed by atoms with Crippen molar-refractivity contribution in [3.8, 4) is 5.75 Å². The second-order valence-electron chi connectivity index (χ2n) is 4.19. The summed E-state index contributed by atoms with van der Waals surface area (Å²) in [7, 11) is 0. The van der Waals surface area contributed by atoms with E-state index < -0.39 is 22.7 Å². The summed E-state index contributed by atoms with van der Waals surface area (Å²) in [5.41, 5.74) is -0.209. The van der Waals surface area contributed by atoms with E-state index in [1.54, 1.807) is 0 Å². The lowest BCUT2D eigenvalue weighted by molar-refractivity contribution is -0.385. The summed E-state index contributed by atoms with van der Waals surface area (Å²) in [5.74, 6) is -2.51. The number of aromatic nitrogens is 2. The molecule has 21 heavy (non-hydrogen) atoms. The number of hydrogen-bond donors (Lipinski definition) is 1. The summed E-state index contributed by atoms with van der Waals surface area (Å²) in [4.78, 5) is 9.85. The van der Waals surface area contributed by atoms with Crippen molar-refractivity contribution in [3.05, 3.63) is 52.3 Å². The molecule has 9 heteroatoms. The lowest BCUT2D eigenvalue weighted by Gasteiger charge is -2.12. The van der Waals surface area contributed by atoms with E-state index in [0.29, 0.717) is 0 Å². The predicted octanol–water partition coefficient (Wildman–Crippen LogP) is 1.51. The maximum absolute atomic E-state index is 13.3. The molecule has 1 aromatic heterocycles. The van der Waals surface area contributed by atoms with Crippen LogP contribution >= 0.6 is 0 Å². The molecule has 1 atom stereocenters. The van der Waals surface area contributed by atoms with E-state index in [1.807, 2.05) is 0 Å². The zero-order valence-electron chi connectivity index (χ0n) is 10.6. The van der Waals surface area contributed by atoms with Gasteiger partial charge in [0.15, 0.2) is 11.6 Å². The van der Waals surface area contributed by atoms with Crippen LogP contribution in [-0.4, -0.2) is 32.5 Å². The zero-order chi connectivity index (χ0) is 15.4. The van der Waals surface area contributed by atoms with Crippen molar-refractivity contribution in [2.45, 2.75) is 12.6 Å². The third-order valence-corrected chi connectivity index (χ3v) is 2.58. The lowest BCUT2D eigenvalue weighted by atomic mass is 10.3. The number of ether oxygens (including phenoxy) is 1. The van der Waals surface area contributed by atoms with Crippen LogP contribution in [0.5, 0.6) is 5.75 Å². The Morgan fingerprint density at radius 1 is 1.48 bits per heavy atom. The predicted molar refractivity (Wildman–Crippen MR) is 66.7 cm³/mol. The third-order valence-electron chi connectivity index (χ3n) is 2.58. The highest BCUT2D eigenvalue weighted by atomic mass is 19.2. The second kappa shape index (κ2) is 6.27. The Labute approximate surface area is 117 Å². The van der Waals surface area contributed by atoms with Gasteiger partial charge in [0.1, 0.15) is 25.1 Å². The fourth-order valence-corrected chi connectivity index (χ4v) is 1.60. The number of halogens is 2. The van der Waals surface area contributed by atoms with E-state index in [4.69, 9.17) is 4.74 Å². The highest BCUT2D eigenvalue weighted by Crippen LogP contribution is 2.19. The van der Waals surface area contributed by atoms with Crippen LogP contribution < -0.4 is 4.74 Å². The molecule has 0 spiro atoms. The standard InChI is InChI=1S/C12H11F2N3O4/c13-10-2-1-3-11(12(10)14)21-7-9(18)6-16-5-8(4-15-16)17(19)20/h1-5,9,18H,6-7H2. The number of benzene rings is 1. The van der Waals surface area contributed by atoms with Crippen LogP contribution in [0.25, 0.3) is 0 Å². The van der Waals surface area contributed by atoms with Gasteiger partial charge in [-0.2, -0.15) is 9.49 Å². The van der Waals surface area contributed by atoms with Gasteiger partial charge < -0.3 is 9.84 Å². The van der Waals surface area contributed by atoms with Crippen molar-refractivity contribution in [2.24, 2.45) is 0 Å². The van der Waals surface area contributed by atoms with Crippen LogP contribution in [0.2, 0.25) is 0 Å². The van der Waals surface area contributed by atoms with Gasteiger partial charge in [0.25, 0.3) is 0 Å². The highest BCUT2D eigenvalue weighted by Gasteiger charge is 2.14. The topological polar surface area (TPSA) is 90.4 Å². The van der Waals surface area contributed by atoms with E-state index in [0.717, 1.165) is 23.1 Å². The Morgan fingerprint density at radius 3 is 2.90 bits per heavy atom. The van der Waals surface area contributed by atoms with Gasteiger partial charge in [0.05, 0.1) is 11.5 Å². The zero-order valence-corrected chi connectivity index (χ0v) is 10.6. The SMILES string of the molecule is O=[N+]([O-])c1cnn(CC(O)COc2cccc(F)c2F)c1. The Hall–Kier alpha value is -2.55. The molecule has 112 valence electrons. The molecule has 0 fully saturated rings. The molecule has 0 aliphatic carbocycles. The van der Waals surface area contributed by atoms with Crippen molar-refractivity contribution in [2.75, 3.05) is 6.61 Å². The molecule has 0 saturated carbocycles. The smallest absolute Gasteiger partial charge is 0.306 e. The van der Waals surface area contributed by atoms with E-state index in [1.165, 1.54) is 12.1 Å². The molecule has 0 bridgehead atoms. The summed E-state index contributed by atoms with van der Waals surface area (Å²) in [6.07, 6.45) is 1.10. The maximum Gasteiger partial charge on any atom is 0.306 e. The van der Waals surface area contributed by atoms with E-state index in [2.05, 4.69) is 5.10 Å². The van der Waals surface area contributed by atoms with Crippen LogP contribution in [0, 0.1) is 21.7 Å². The number of nitrogens with zero attached hydrogens (tertiary/aromatic N) is 3. The van der Waals surface area contributed by atoms with Crippen molar-refractivity contribution in [3.63, 3.8) is 0 Å². The Balaban J connectivity index is 1.91. The van der Waals surface area contributed by atoms with E-state index in [-0.39, 0.29) is 24.6 Å². The van der Waals surface area contributed by atoms with Crippen molar-refractivity contribution in [1.82, 2.24) is 9.78 Å². The van der Waals surface area contributed by atoms with Gasteiger partial charge in [-0.1, -0.05) is 6.07 Å². The van der Waals surface area contributed by atoms with Crippen LogP contribution in [0.15, 0.2) is 30.6 Å². The molecule has 1 heterocycles. The monoisotopic (exact) mass is 299 g/mol. The molecular weight excluding hydrogens is 288 g/mol. The molecule has 0 radical (unpaired) electrons. The van der Waals surface area contributed by atoms with Gasteiger partial charge >= 0.3 is 5.69 Å². The molecule has 1 N–H and O–H groups in total. The van der Waals surface area contributed by atoms with Gasteiger partial charge in [0.2, 0.25) is 5.82 Å². The number of aliphatic hydroxyl groups is 1. The minimum Gasteiger partial charge on any atom is -0.488 e. The molecule has 7 nitrogen and oxygen atoms in total. The Bertz CT molecular complexity index is 647.